The van der Waals surface area contributed by atoms with Crippen molar-refractivity contribution in [1.82, 2.24) is 14.9 Å². The van der Waals surface area contributed by atoms with E-state index in [-0.39, 0.29) is 12.3 Å². The van der Waals surface area contributed by atoms with Crippen molar-refractivity contribution >= 4 is 11.9 Å². The summed E-state index contributed by atoms with van der Waals surface area (Å²) in [5, 5.41) is 0. The number of alkyl halides is 3. The zero-order valence-electron chi connectivity index (χ0n) is 14.8. The van der Waals surface area contributed by atoms with Gasteiger partial charge in [-0.15, -0.1) is 0 Å². The highest BCUT2D eigenvalue weighted by atomic mass is 19.4. The van der Waals surface area contributed by atoms with Crippen molar-refractivity contribution in [1.29, 1.82) is 0 Å². The van der Waals surface area contributed by atoms with Crippen molar-refractivity contribution in [2.24, 2.45) is 5.92 Å². The normalized spacial score (nSPS) is 19.4. The van der Waals surface area contributed by atoms with Gasteiger partial charge in [0, 0.05) is 50.9 Å². The first-order valence-electron chi connectivity index (χ1n) is 9.32. The minimum atomic E-state index is -4.17. The lowest BCUT2D eigenvalue weighted by atomic mass is 9.93. The Morgan fingerprint density at radius 2 is 1.96 bits per heavy atom. The molecular formula is C18H25F3N4O. The van der Waals surface area contributed by atoms with Crippen LogP contribution in [0.4, 0.5) is 19.1 Å². The molecule has 2 fully saturated rings. The van der Waals surface area contributed by atoms with Crippen LogP contribution in [0.5, 0.6) is 0 Å². The minimum absolute atomic E-state index is 0.112. The third kappa shape index (κ3) is 5.32. The molecule has 1 amide bonds. The minimum Gasteiger partial charge on any atom is -0.343 e. The summed E-state index contributed by atoms with van der Waals surface area (Å²) < 4.78 is 37.1. The van der Waals surface area contributed by atoms with Gasteiger partial charge in [0.05, 0.1) is 0 Å². The van der Waals surface area contributed by atoms with Crippen LogP contribution in [0, 0.1) is 5.92 Å². The molecule has 0 radical (unpaired) electrons. The quantitative estimate of drug-likeness (QED) is 0.772. The molecule has 26 heavy (non-hydrogen) atoms. The van der Waals surface area contributed by atoms with E-state index in [1.165, 1.54) is 0 Å². The molecule has 5 nitrogen and oxygen atoms in total. The Kier molecular flexibility index (Phi) is 5.98. The van der Waals surface area contributed by atoms with Crippen LogP contribution in [0.1, 0.15) is 44.2 Å². The highest BCUT2D eigenvalue weighted by Gasteiger charge is 2.27. The first kappa shape index (κ1) is 18.9. The number of aryl methyl sites for hydroxylation is 1. The Balaban J connectivity index is 1.46. The van der Waals surface area contributed by atoms with E-state index in [4.69, 9.17) is 0 Å². The molecule has 8 heteroatoms. The Morgan fingerprint density at radius 1 is 1.19 bits per heavy atom. The molecule has 0 aromatic carbocycles. The van der Waals surface area contributed by atoms with E-state index in [0.29, 0.717) is 24.0 Å². The molecule has 0 N–H and O–H groups in total. The average molecular weight is 370 g/mol. The van der Waals surface area contributed by atoms with Crippen LogP contribution in [0.3, 0.4) is 0 Å². The fraction of sp³-hybridized carbons (Fsp3) is 0.722. The van der Waals surface area contributed by atoms with E-state index in [1.54, 1.807) is 12.3 Å². The molecular weight excluding hydrogens is 345 g/mol. The second-order valence-electron chi connectivity index (χ2n) is 7.17. The largest absolute Gasteiger partial charge is 0.389 e. The van der Waals surface area contributed by atoms with Crippen molar-refractivity contribution in [2.45, 2.75) is 51.1 Å². The summed E-state index contributed by atoms with van der Waals surface area (Å²) >= 11 is 0. The van der Waals surface area contributed by atoms with Gasteiger partial charge in [-0.3, -0.25) is 4.79 Å². The van der Waals surface area contributed by atoms with E-state index in [2.05, 4.69) is 14.9 Å². The lowest BCUT2D eigenvalue weighted by Crippen LogP contribution is -2.36. The molecule has 2 aliphatic heterocycles. The third-order valence-corrected chi connectivity index (χ3v) is 5.24. The monoisotopic (exact) mass is 370 g/mol. The predicted octanol–water partition coefficient (Wildman–Crippen LogP) is 3.20. The number of carbonyl (C=O) groups excluding carboxylic acids is 1. The molecule has 2 saturated heterocycles. The number of piperidine rings is 1. The zero-order chi connectivity index (χ0) is 18.6. The maximum Gasteiger partial charge on any atom is 0.389 e. The molecule has 0 atom stereocenters. The maximum atomic E-state index is 12.4. The number of hydrogen-bond acceptors (Lipinski definition) is 4. The number of amides is 1. The van der Waals surface area contributed by atoms with Crippen LogP contribution < -0.4 is 4.90 Å². The van der Waals surface area contributed by atoms with Crippen LogP contribution in [0.15, 0.2) is 12.3 Å². The molecule has 3 heterocycles. The molecule has 0 aliphatic carbocycles. The van der Waals surface area contributed by atoms with E-state index < -0.39 is 12.6 Å². The summed E-state index contributed by atoms with van der Waals surface area (Å²) in [5.41, 5.74) is 0.432. The number of nitrogens with zero attached hydrogens (tertiary/aromatic N) is 4. The van der Waals surface area contributed by atoms with Gasteiger partial charge in [0.25, 0.3) is 0 Å². The van der Waals surface area contributed by atoms with E-state index in [1.807, 2.05) is 4.90 Å². The summed E-state index contributed by atoms with van der Waals surface area (Å²) in [6.45, 7) is 3.34. The molecule has 0 unspecified atom stereocenters. The number of likely N-dealkylation sites (tertiary alicyclic amines) is 1. The Labute approximate surface area is 151 Å². The lowest BCUT2D eigenvalue weighted by molar-refractivity contribution is -0.134. The Hall–Kier alpha value is -1.86. The summed E-state index contributed by atoms with van der Waals surface area (Å²) in [6.07, 6.45) is 1.07. The molecule has 1 aromatic heterocycles. The van der Waals surface area contributed by atoms with Gasteiger partial charge in [0.15, 0.2) is 0 Å². The lowest BCUT2D eigenvalue weighted by Gasteiger charge is -2.32. The maximum absolute atomic E-state index is 12.4. The Bertz CT molecular complexity index is 615. The molecule has 144 valence electrons. The van der Waals surface area contributed by atoms with Gasteiger partial charge in [-0.1, -0.05) is 0 Å². The van der Waals surface area contributed by atoms with Crippen LogP contribution in [0.25, 0.3) is 0 Å². The van der Waals surface area contributed by atoms with Crippen LogP contribution in [-0.4, -0.2) is 53.1 Å². The number of halogens is 3. The average Bonchev–Trinajstić information content (AvgIpc) is 3.03. The SMILES string of the molecule is O=C1CCCN1CCC1CCN(c2nccc(CCC(F)(F)F)n2)CC1. The molecule has 3 rings (SSSR count). The van der Waals surface area contributed by atoms with E-state index >= 15 is 0 Å². The van der Waals surface area contributed by atoms with Gasteiger partial charge in [0.1, 0.15) is 0 Å². The molecule has 0 bridgehead atoms. The van der Waals surface area contributed by atoms with Crippen molar-refractivity contribution in [3.05, 3.63) is 18.0 Å². The fourth-order valence-electron chi connectivity index (χ4n) is 3.65. The van der Waals surface area contributed by atoms with Gasteiger partial charge >= 0.3 is 6.18 Å². The number of anilines is 1. The molecule has 2 aliphatic rings. The smallest absolute Gasteiger partial charge is 0.343 e. The summed E-state index contributed by atoms with van der Waals surface area (Å²) in [5.74, 6) is 1.37. The first-order valence-corrected chi connectivity index (χ1v) is 9.32. The summed E-state index contributed by atoms with van der Waals surface area (Å²) in [6, 6.07) is 1.55. The third-order valence-electron chi connectivity index (χ3n) is 5.24. The van der Waals surface area contributed by atoms with Crippen molar-refractivity contribution in [2.75, 3.05) is 31.1 Å². The molecule has 0 spiro atoms. The van der Waals surface area contributed by atoms with Gasteiger partial charge in [-0.05, 0) is 44.1 Å². The second kappa shape index (κ2) is 8.22. The van der Waals surface area contributed by atoms with Crippen LogP contribution in [0.2, 0.25) is 0 Å². The van der Waals surface area contributed by atoms with Gasteiger partial charge < -0.3 is 9.80 Å². The first-order chi connectivity index (χ1) is 12.4. The molecule has 0 saturated carbocycles. The van der Waals surface area contributed by atoms with Gasteiger partial charge in [-0.2, -0.15) is 13.2 Å². The van der Waals surface area contributed by atoms with Crippen molar-refractivity contribution in [3.63, 3.8) is 0 Å². The zero-order valence-corrected chi connectivity index (χ0v) is 14.8. The van der Waals surface area contributed by atoms with Gasteiger partial charge in [-0.25, -0.2) is 9.97 Å². The van der Waals surface area contributed by atoms with Crippen LogP contribution in [-0.2, 0) is 11.2 Å². The van der Waals surface area contributed by atoms with Crippen LogP contribution >= 0.6 is 0 Å². The van der Waals surface area contributed by atoms with Crippen molar-refractivity contribution in [3.8, 4) is 0 Å². The number of aromatic nitrogens is 2. The second-order valence-corrected chi connectivity index (χ2v) is 7.17. The summed E-state index contributed by atoms with van der Waals surface area (Å²) in [7, 11) is 0. The van der Waals surface area contributed by atoms with Gasteiger partial charge in [0.2, 0.25) is 11.9 Å². The number of rotatable bonds is 6. The van der Waals surface area contributed by atoms with Crippen molar-refractivity contribution < 1.29 is 18.0 Å². The van der Waals surface area contributed by atoms with E-state index in [0.717, 1.165) is 51.9 Å². The number of hydrogen-bond donors (Lipinski definition) is 0. The highest BCUT2D eigenvalue weighted by molar-refractivity contribution is 5.77. The molecule has 1 aromatic rings. The number of carbonyl (C=O) groups is 1. The Morgan fingerprint density at radius 3 is 2.62 bits per heavy atom. The van der Waals surface area contributed by atoms with E-state index in [9.17, 15) is 18.0 Å². The summed E-state index contributed by atoms with van der Waals surface area (Å²) in [4.78, 5) is 24.2. The predicted molar refractivity (Wildman–Crippen MR) is 91.8 cm³/mol. The fourth-order valence-corrected chi connectivity index (χ4v) is 3.65. The topological polar surface area (TPSA) is 49.3 Å². The standard InChI is InChI=1S/C18H25F3N4O/c19-18(20,21)8-3-15-4-9-22-17(23-15)25-12-6-14(7-13-25)5-11-24-10-1-2-16(24)26/h4,9,14H,1-3,5-8,10-13H2. The highest BCUT2D eigenvalue weighted by Crippen LogP contribution is 2.25.